The number of benzene rings is 4. The molecule has 6 rings (SSSR count). The highest BCUT2D eigenvalue weighted by Gasteiger charge is 2.24. The zero-order valence-electron chi connectivity index (χ0n) is 12.4. The van der Waals surface area contributed by atoms with Gasteiger partial charge in [0.25, 0.3) is 0 Å². The quantitative estimate of drug-likeness (QED) is 0.336. The van der Waals surface area contributed by atoms with Crippen molar-refractivity contribution >= 4 is 56.3 Å². The average Bonchev–Trinajstić information content (AvgIpc) is 2.99. The molecule has 106 valence electrons. The van der Waals surface area contributed by atoms with Crippen molar-refractivity contribution in [1.29, 1.82) is 0 Å². The Morgan fingerprint density at radius 2 is 1.70 bits per heavy atom. The van der Waals surface area contributed by atoms with E-state index in [0.717, 1.165) is 16.5 Å². The van der Waals surface area contributed by atoms with Crippen LogP contribution < -0.4 is 0 Å². The number of Topliss-reactive ketones (excluding diaryl/α,β-unsaturated/α-hetero) is 1. The van der Waals surface area contributed by atoms with E-state index in [9.17, 15) is 4.79 Å². The minimum absolute atomic E-state index is 0.233. The fourth-order valence-electron chi connectivity index (χ4n) is 4.42. The third-order valence-electron chi connectivity index (χ3n) is 5.32. The van der Waals surface area contributed by atoms with Gasteiger partial charge in [0.05, 0.1) is 0 Å². The molecule has 1 heteroatoms. The summed E-state index contributed by atoms with van der Waals surface area (Å²) in [5, 5.41) is 7.43. The molecule has 2 aliphatic carbocycles. The Kier molecular flexibility index (Phi) is 1.86. The van der Waals surface area contributed by atoms with Crippen molar-refractivity contribution in [3.8, 4) is 0 Å². The lowest BCUT2D eigenvalue weighted by molar-refractivity contribution is 0.0996. The topological polar surface area (TPSA) is 17.1 Å². The normalized spacial score (nSPS) is 15.4. The lowest BCUT2D eigenvalue weighted by atomic mass is 9.82. The number of rotatable bonds is 0. The fraction of sp³-hybridized carbons (Fsp3) is 0.0455. The Morgan fingerprint density at radius 1 is 0.783 bits per heavy atom. The summed E-state index contributed by atoms with van der Waals surface area (Å²) >= 11 is 0. The van der Waals surface area contributed by atoms with Crippen LogP contribution in [0.1, 0.15) is 33.5 Å². The molecule has 2 aliphatic rings. The van der Waals surface area contributed by atoms with E-state index in [1.807, 2.05) is 6.08 Å². The Hall–Kier alpha value is -2.93. The molecular weight excluding hydrogens is 280 g/mol. The van der Waals surface area contributed by atoms with Gasteiger partial charge in [-0.3, -0.25) is 4.79 Å². The van der Waals surface area contributed by atoms with Gasteiger partial charge in [0.15, 0.2) is 5.78 Å². The number of carbonyl (C=O) groups excluding carboxylic acids is 1. The van der Waals surface area contributed by atoms with Gasteiger partial charge in [-0.25, -0.2) is 0 Å². The first-order valence-electron chi connectivity index (χ1n) is 7.98. The maximum Gasteiger partial charge on any atom is 0.167 e. The molecule has 0 aromatic heterocycles. The second-order valence-electron chi connectivity index (χ2n) is 6.47. The largest absolute Gasteiger partial charge is 0.294 e. The van der Waals surface area contributed by atoms with Gasteiger partial charge in [-0.05, 0) is 55.1 Å². The second kappa shape index (κ2) is 3.69. The highest BCUT2D eigenvalue weighted by Crippen LogP contribution is 2.45. The third kappa shape index (κ3) is 1.24. The number of ketones is 1. The van der Waals surface area contributed by atoms with E-state index >= 15 is 0 Å². The molecule has 0 saturated carbocycles. The number of fused-ring (bicyclic) bond motifs is 3. The standard InChI is InChI=1S/C22H12O/c23-18-6-2-5-16-15-4-1-3-13-11-14-8-7-12-9-10-17(21(16)18)22(19(12)14)20(13)15/h1-5,7-11H,6H2. The van der Waals surface area contributed by atoms with Crippen LogP contribution in [0.3, 0.4) is 0 Å². The molecule has 0 atom stereocenters. The SMILES string of the molecule is O=C1CC=Cc2c1c1ccc3c4c(cc5cccc2c5c14)C=C3. The monoisotopic (exact) mass is 292 g/mol. The van der Waals surface area contributed by atoms with E-state index < -0.39 is 0 Å². The summed E-state index contributed by atoms with van der Waals surface area (Å²) in [4.78, 5) is 12.7. The minimum atomic E-state index is 0.233. The van der Waals surface area contributed by atoms with Crippen molar-refractivity contribution in [1.82, 2.24) is 0 Å². The van der Waals surface area contributed by atoms with Crippen LogP contribution in [0.4, 0.5) is 0 Å². The molecule has 0 N–H and O–H groups in total. The van der Waals surface area contributed by atoms with E-state index in [1.165, 1.54) is 38.1 Å². The number of allylic oxidation sites excluding steroid dienone is 1. The summed E-state index contributed by atoms with van der Waals surface area (Å²) in [6.07, 6.45) is 8.99. The first-order chi connectivity index (χ1) is 11.3. The molecule has 0 unspecified atom stereocenters. The van der Waals surface area contributed by atoms with Gasteiger partial charge in [0, 0.05) is 12.0 Å². The van der Waals surface area contributed by atoms with Crippen molar-refractivity contribution in [2.45, 2.75) is 6.42 Å². The number of hydrogen-bond donors (Lipinski definition) is 0. The van der Waals surface area contributed by atoms with E-state index in [1.54, 1.807) is 0 Å². The molecule has 0 bridgehead atoms. The maximum atomic E-state index is 12.7. The molecule has 0 spiro atoms. The Balaban J connectivity index is 2.06. The molecule has 23 heavy (non-hydrogen) atoms. The zero-order valence-corrected chi connectivity index (χ0v) is 12.4. The van der Waals surface area contributed by atoms with Crippen LogP contribution in [-0.4, -0.2) is 5.78 Å². The highest BCUT2D eigenvalue weighted by molar-refractivity contribution is 6.33. The molecule has 4 aromatic carbocycles. The first-order valence-corrected chi connectivity index (χ1v) is 7.98. The predicted molar refractivity (Wildman–Crippen MR) is 97.1 cm³/mol. The van der Waals surface area contributed by atoms with E-state index in [2.05, 4.69) is 54.6 Å². The van der Waals surface area contributed by atoms with E-state index in [0.29, 0.717) is 6.42 Å². The molecule has 0 saturated heterocycles. The van der Waals surface area contributed by atoms with Gasteiger partial charge in [0.2, 0.25) is 0 Å². The zero-order chi connectivity index (χ0) is 15.1. The van der Waals surface area contributed by atoms with E-state index in [-0.39, 0.29) is 5.78 Å². The predicted octanol–water partition coefficient (Wildman–Crippen LogP) is 5.67. The number of hydrogen-bond acceptors (Lipinski definition) is 1. The van der Waals surface area contributed by atoms with Crippen molar-refractivity contribution in [2.75, 3.05) is 0 Å². The van der Waals surface area contributed by atoms with Crippen LogP contribution >= 0.6 is 0 Å². The van der Waals surface area contributed by atoms with Crippen molar-refractivity contribution in [3.05, 3.63) is 64.7 Å². The summed E-state index contributed by atoms with van der Waals surface area (Å²) in [5.41, 5.74) is 4.53. The molecular formula is C22H12O. The molecule has 0 heterocycles. The first kappa shape index (κ1) is 11.6. The molecule has 0 aliphatic heterocycles. The summed E-state index contributed by atoms with van der Waals surface area (Å²) in [6.45, 7) is 0. The summed E-state index contributed by atoms with van der Waals surface area (Å²) in [6, 6.07) is 13.0. The van der Waals surface area contributed by atoms with Crippen molar-refractivity contribution < 1.29 is 4.79 Å². The van der Waals surface area contributed by atoms with Crippen LogP contribution in [0.15, 0.2) is 42.5 Å². The maximum absolute atomic E-state index is 12.7. The lowest BCUT2D eigenvalue weighted by Crippen LogP contribution is -2.07. The van der Waals surface area contributed by atoms with Crippen LogP contribution in [0.5, 0.6) is 0 Å². The molecule has 4 aromatic rings. The summed E-state index contributed by atoms with van der Waals surface area (Å²) in [7, 11) is 0. The minimum Gasteiger partial charge on any atom is -0.294 e. The Morgan fingerprint density at radius 3 is 2.65 bits per heavy atom. The van der Waals surface area contributed by atoms with E-state index in [4.69, 9.17) is 0 Å². The number of carbonyl (C=O) groups is 1. The second-order valence-corrected chi connectivity index (χ2v) is 6.47. The van der Waals surface area contributed by atoms with Gasteiger partial charge in [0.1, 0.15) is 0 Å². The average molecular weight is 292 g/mol. The van der Waals surface area contributed by atoms with Crippen LogP contribution in [0.25, 0.3) is 50.5 Å². The van der Waals surface area contributed by atoms with Crippen molar-refractivity contribution in [2.24, 2.45) is 0 Å². The smallest absolute Gasteiger partial charge is 0.167 e. The van der Waals surface area contributed by atoms with Crippen molar-refractivity contribution in [3.63, 3.8) is 0 Å². The molecule has 0 fully saturated rings. The Labute approximate surface area is 132 Å². The molecule has 1 nitrogen and oxygen atoms in total. The third-order valence-corrected chi connectivity index (χ3v) is 5.32. The van der Waals surface area contributed by atoms with Crippen LogP contribution in [0.2, 0.25) is 0 Å². The van der Waals surface area contributed by atoms with Gasteiger partial charge >= 0.3 is 0 Å². The van der Waals surface area contributed by atoms with Gasteiger partial charge in [-0.2, -0.15) is 0 Å². The van der Waals surface area contributed by atoms with Gasteiger partial charge in [-0.15, -0.1) is 0 Å². The summed E-state index contributed by atoms with van der Waals surface area (Å²) < 4.78 is 0. The van der Waals surface area contributed by atoms with Gasteiger partial charge < -0.3 is 0 Å². The lowest BCUT2D eigenvalue weighted by Gasteiger charge is -2.20. The van der Waals surface area contributed by atoms with Crippen LogP contribution in [0, 0.1) is 0 Å². The fourth-order valence-corrected chi connectivity index (χ4v) is 4.42. The molecule has 0 amide bonds. The van der Waals surface area contributed by atoms with Crippen LogP contribution in [-0.2, 0) is 0 Å². The highest BCUT2D eigenvalue weighted by atomic mass is 16.1. The molecule has 0 radical (unpaired) electrons. The van der Waals surface area contributed by atoms with Gasteiger partial charge in [-0.1, -0.05) is 54.6 Å². The summed E-state index contributed by atoms with van der Waals surface area (Å²) in [5.74, 6) is 0.233. The Bertz CT molecular complexity index is 1240.